The lowest BCUT2D eigenvalue weighted by Gasteiger charge is -2.24. The highest BCUT2D eigenvalue weighted by molar-refractivity contribution is 5.79. The molecule has 2 atom stereocenters. The second-order valence-corrected chi connectivity index (χ2v) is 5.04. The number of aromatic nitrogens is 1. The van der Waals surface area contributed by atoms with Crippen LogP contribution in [0.15, 0.2) is 36.5 Å². The molecule has 1 aliphatic rings. The zero-order chi connectivity index (χ0) is 13.1. The highest BCUT2D eigenvalue weighted by Gasteiger charge is 2.26. The summed E-state index contributed by atoms with van der Waals surface area (Å²) >= 11 is 0. The van der Waals surface area contributed by atoms with Gasteiger partial charge in [-0.2, -0.15) is 0 Å². The summed E-state index contributed by atoms with van der Waals surface area (Å²) in [7, 11) is 0. The van der Waals surface area contributed by atoms with Crippen LogP contribution in [0.25, 0.3) is 10.9 Å². The molecule has 0 bridgehead atoms. The predicted octanol–water partition coefficient (Wildman–Crippen LogP) is 3.06. The van der Waals surface area contributed by atoms with Crippen molar-refractivity contribution in [3.8, 4) is 0 Å². The van der Waals surface area contributed by atoms with Crippen LogP contribution < -0.4 is 5.32 Å². The molecule has 0 amide bonds. The first-order valence-corrected chi connectivity index (χ1v) is 7.08. The van der Waals surface area contributed by atoms with E-state index in [9.17, 15) is 0 Å². The van der Waals surface area contributed by atoms with Crippen LogP contribution in [0, 0.1) is 0 Å². The number of fused-ring (bicyclic) bond motifs is 1. The fraction of sp³-hybridized carbons (Fsp3) is 0.438. The third-order valence-electron chi connectivity index (χ3n) is 3.75. The van der Waals surface area contributed by atoms with Gasteiger partial charge in [0.25, 0.3) is 0 Å². The van der Waals surface area contributed by atoms with Gasteiger partial charge in [0.1, 0.15) is 0 Å². The van der Waals surface area contributed by atoms with Gasteiger partial charge in [-0.1, -0.05) is 25.1 Å². The van der Waals surface area contributed by atoms with Gasteiger partial charge in [0.2, 0.25) is 0 Å². The van der Waals surface area contributed by atoms with Crippen LogP contribution in [-0.4, -0.2) is 24.2 Å². The first-order valence-electron chi connectivity index (χ1n) is 7.08. The van der Waals surface area contributed by atoms with Crippen LogP contribution in [0.1, 0.15) is 31.4 Å². The molecular formula is C16H20N2O. The molecule has 1 N–H and O–H groups in total. The Morgan fingerprint density at radius 1 is 1.42 bits per heavy atom. The topological polar surface area (TPSA) is 34.2 Å². The summed E-state index contributed by atoms with van der Waals surface area (Å²) in [4.78, 5) is 4.44. The maximum Gasteiger partial charge on any atom is 0.0770 e. The zero-order valence-corrected chi connectivity index (χ0v) is 11.3. The molecule has 2 unspecified atom stereocenters. The van der Waals surface area contributed by atoms with Crippen LogP contribution >= 0.6 is 0 Å². The molecule has 0 radical (unpaired) electrons. The first-order chi connectivity index (χ1) is 9.38. The number of nitrogens with zero attached hydrogens (tertiary/aromatic N) is 1. The van der Waals surface area contributed by atoms with Gasteiger partial charge in [-0.25, -0.2) is 0 Å². The number of pyridine rings is 1. The van der Waals surface area contributed by atoms with E-state index < -0.39 is 0 Å². The van der Waals surface area contributed by atoms with Gasteiger partial charge in [-0.05, 0) is 37.1 Å². The van der Waals surface area contributed by atoms with E-state index in [1.54, 1.807) is 0 Å². The van der Waals surface area contributed by atoms with Crippen molar-refractivity contribution in [3.05, 3.63) is 42.1 Å². The SMILES string of the molecule is CCNC(c1ccc2cccnc2c1)C1CCCO1. The largest absolute Gasteiger partial charge is 0.376 e. The molecule has 3 nitrogen and oxygen atoms in total. The van der Waals surface area contributed by atoms with Crippen LogP contribution in [-0.2, 0) is 4.74 Å². The Balaban J connectivity index is 1.94. The smallest absolute Gasteiger partial charge is 0.0770 e. The number of nitrogens with one attached hydrogen (secondary N) is 1. The van der Waals surface area contributed by atoms with E-state index in [4.69, 9.17) is 4.74 Å². The van der Waals surface area contributed by atoms with Gasteiger partial charge in [-0.3, -0.25) is 4.98 Å². The third kappa shape index (κ3) is 2.62. The molecule has 2 heterocycles. The number of hydrogen-bond acceptors (Lipinski definition) is 3. The molecule has 0 saturated carbocycles. The molecule has 1 aliphatic heterocycles. The van der Waals surface area contributed by atoms with E-state index in [2.05, 4.69) is 41.5 Å². The fourth-order valence-electron chi connectivity index (χ4n) is 2.83. The van der Waals surface area contributed by atoms with Crippen molar-refractivity contribution in [3.63, 3.8) is 0 Å². The van der Waals surface area contributed by atoms with Crippen molar-refractivity contribution in [2.24, 2.45) is 0 Å². The maximum atomic E-state index is 5.85. The average Bonchev–Trinajstić information content (AvgIpc) is 2.98. The monoisotopic (exact) mass is 256 g/mol. The zero-order valence-electron chi connectivity index (χ0n) is 11.3. The second kappa shape index (κ2) is 5.68. The molecule has 19 heavy (non-hydrogen) atoms. The quantitative estimate of drug-likeness (QED) is 0.913. The Hall–Kier alpha value is -1.45. The molecule has 3 heteroatoms. The van der Waals surface area contributed by atoms with E-state index in [-0.39, 0.29) is 6.04 Å². The van der Waals surface area contributed by atoms with Crippen molar-refractivity contribution < 1.29 is 4.74 Å². The lowest BCUT2D eigenvalue weighted by Crippen LogP contribution is -2.31. The summed E-state index contributed by atoms with van der Waals surface area (Å²) in [6.07, 6.45) is 4.44. The molecule has 1 fully saturated rings. The number of benzene rings is 1. The number of rotatable bonds is 4. The van der Waals surface area contributed by atoms with Crippen molar-refractivity contribution in [1.29, 1.82) is 0 Å². The normalized spacial score (nSPS) is 20.8. The maximum absolute atomic E-state index is 5.85. The van der Waals surface area contributed by atoms with Gasteiger partial charge < -0.3 is 10.1 Å². The summed E-state index contributed by atoms with van der Waals surface area (Å²) in [5, 5.41) is 4.74. The molecule has 3 rings (SSSR count). The van der Waals surface area contributed by atoms with Gasteiger partial charge in [0.15, 0.2) is 0 Å². The lowest BCUT2D eigenvalue weighted by molar-refractivity contribution is 0.0788. The molecule has 1 saturated heterocycles. The lowest BCUT2D eigenvalue weighted by atomic mass is 9.98. The van der Waals surface area contributed by atoms with E-state index in [0.29, 0.717) is 6.10 Å². The van der Waals surface area contributed by atoms with Gasteiger partial charge in [-0.15, -0.1) is 0 Å². The van der Waals surface area contributed by atoms with Crippen LogP contribution in [0.2, 0.25) is 0 Å². The van der Waals surface area contributed by atoms with Gasteiger partial charge in [0, 0.05) is 18.2 Å². The summed E-state index contributed by atoms with van der Waals surface area (Å²) in [6, 6.07) is 10.9. The summed E-state index contributed by atoms with van der Waals surface area (Å²) in [6.45, 7) is 3.98. The van der Waals surface area contributed by atoms with Crippen LogP contribution in [0.3, 0.4) is 0 Å². The Kier molecular flexibility index (Phi) is 3.76. The second-order valence-electron chi connectivity index (χ2n) is 5.04. The van der Waals surface area contributed by atoms with Crippen molar-refractivity contribution in [2.75, 3.05) is 13.2 Å². The number of hydrogen-bond donors (Lipinski definition) is 1. The van der Waals surface area contributed by atoms with Crippen molar-refractivity contribution in [1.82, 2.24) is 10.3 Å². The molecule has 100 valence electrons. The van der Waals surface area contributed by atoms with Crippen LogP contribution in [0.4, 0.5) is 0 Å². The molecule has 1 aromatic heterocycles. The fourth-order valence-corrected chi connectivity index (χ4v) is 2.83. The minimum absolute atomic E-state index is 0.277. The first kappa shape index (κ1) is 12.6. The highest BCUT2D eigenvalue weighted by Crippen LogP contribution is 2.28. The Morgan fingerprint density at radius 3 is 3.16 bits per heavy atom. The number of ether oxygens (including phenoxy) is 1. The molecule has 1 aromatic carbocycles. The van der Waals surface area contributed by atoms with Crippen molar-refractivity contribution in [2.45, 2.75) is 31.9 Å². The average molecular weight is 256 g/mol. The van der Waals surface area contributed by atoms with Crippen molar-refractivity contribution >= 4 is 10.9 Å². The standard InChI is InChI=1S/C16H20N2O/c1-2-17-16(15-6-4-10-19-15)13-8-7-12-5-3-9-18-14(12)11-13/h3,5,7-9,11,15-17H,2,4,6,10H2,1H3. The van der Waals surface area contributed by atoms with E-state index >= 15 is 0 Å². The highest BCUT2D eigenvalue weighted by atomic mass is 16.5. The van der Waals surface area contributed by atoms with Gasteiger partial charge >= 0.3 is 0 Å². The van der Waals surface area contributed by atoms with Gasteiger partial charge in [0.05, 0.1) is 17.7 Å². The minimum Gasteiger partial charge on any atom is -0.376 e. The minimum atomic E-state index is 0.277. The molecular weight excluding hydrogens is 236 g/mol. The van der Waals surface area contributed by atoms with E-state index in [1.807, 2.05) is 12.3 Å². The Morgan fingerprint density at radius 2 is 2.37 bits per heavy atom. The summed E-state index contributed by atoms with van der Waals surface area (Å²) < 4.78 is 5.85. The summed E-state index contributed by atoms with van der Waals surface area (Å²) in [5.74, 6) is 0. The molecule has 0 aliphatic carbocycles. The Bertz CT molecular complexity index is 549. The third-order valence-corrected chi connectivity index (χ3v) is 3.75. The number of likely N-dealkylation sites (N-methyl/N-ethyl adjacent to an activating group) is 1. The molecule has 2 aromatic rings. The Labute approximate surface area is 114 Å². The molecule has 0 spiro atoms. The van der Waals surface area contributed by atoms with Crippen LogP contribution in [0.5, 0.6) is 0 Å². The van der Waals surface area contributed by atoms with E-state index in [0.717, 1.165) is 25.1 Å². The van der Waals surface area contributed by atoms with E-state index in [1.165, 1.54) is 17.4 Å². The summed E-state index contributed by atoms with van der Waals surface area (Å²) in [5.41, 5.74) is 2.33. The predicted molar refractivity (Wildman–Crippen MR) is 77.1 cm³/mol.